The van der Waals surface area contributed by atoms with Crippen LogP contribution in [0.2, 0.25) is 0 Å². The third-order valence-corrected chi connectivity index (χ3v) is 3.08. The van der Waals surface area contributed by atoms with E-state index in [-0.39, 0.29) is 17.7 Å². The number of nitrogens with zero attached hydrogens (tertiary/aromatic N) is 1. The Labute approximate surface area is 67.0 Å². The van der Waals surface area contributed by atoms with Crippen LogP contribution in [0.3, 0.4) is 0 Å². The van der Waals surface area contributed by atoms with E-state index in [0.717, 1.165) is 11.5 Å². The molecule has 1 saturated heterocycles. The maximum absolute atomic E-state index is 12.2. The Kier molecular flexibility index (Phi) is 1.75. The summed E-state index contributed by atoms with van der Waals surface area (Å²) in [6.45, 7) is 0. The molecule has 2 atom stereocenters. The van der Waals surface area contributed by atoms with Gasteiger partial charge in [0.1, 0.15) is 11.8 Å². The first-order valence-electron chi connectivity index (χ1n) is 3.38. The maximum Gasteiger partial charge on any atom is 0.280 e. The molecule has 0 aromatic carbocycles. The molecule has 2 aliphatic heterocycles. The molecule has 0 radical (unpaired) electrons. The average Bonchev–Trinajstić information content (AvgIpc) is 2.41. The van der Waals surface area contributed by atoms with Crippen molar-refractivity contribution in [2.45, 2.75) is 12.5 Å². The van der Waals surface area contributed by atoms with Crippen LogP contribution >= 0.6 is 11.8 Å². The van der Waals surface area contributed by atoms with Gasteiger partial charge >= 0.3 is 0 Å². The summed E-state index contributed by atoms with van der Waals surface area (Å²) in [6, 6.07) is 0. The lowest BCUT2D eigenvalue weighted by atomic mass is 10.0. The summed E-state index contributed by atoms with van der Waals surface area (Å²) in [6.07, 6.45) is -2.52. The summed E-state index contributed by atoms with van der Waals surface area (Å²) in [4.78, 5) is 4.84. The molecule has 0 N–H and O–H groups in total. The Balaban J connectivity index is 2.12. The molecular weight excluding hydrogens is 172 g/mol. The molecule has 2 nitrogen and oxygen atoms in total. The zero-order valence-electron chi connectivity index (χ0n) is 5.67. The molecule has 2 heterocycles. The summed E-state index contributed by atoms with van der Waals surface area (Å²) >= 11 is 1.65. The Morgan fingerprint density at radius 3 is 3.09 bits per heavy atom. The number of halogens is 2. The minimum absolute atomic E-state index is 0.0556. The van der Waals surface area contributed by atoms with Crippen LogP contribution in [0, 0.1) is 5.92 Å². The SMILES string of the molecule is FC(F)C1=NOC2CSCC12. The normalized spacial score (nSPS) is 35.4. The van der Waals surface area contributed by atoms with Crippen molar-refractivity contribution in [2.75, 3.05) is 11.5 Å². The number of hydrogen-bond acceptors (Lipinski definition) is 3. The van der Waals surface area contributed by atoms with E-state index >= 15 is 0 Å². The molecule has 0 aliphatic carbocycles. The van der Waals surface area contributed by atoms with Gasteiger partial charge in [0, 0.05) is 11.5 Å². The highest BCUT2D eigenvalue weighted by Crippen LogP contribution is 2.33. The quantitative estimate of drug-likeness (QED) is 0.606. The zero-order chi connectivity index (χ0) is 7.84. The van der Waals surface area contributed by atoms with Gasteiger partial charge in [0.2, 0.25) is 0 Å². The Morgan fingerprint density at radius 2 is 2.36 bits per heavy atom. The van der Waals surface area contributed by atoms with E-state index in [2.05, 4.69) is 5.16 Å². The third-order valence-electron chi connectivity index (χ3n) is 1.93. The van der Waals surface area contributed by atoms with Crippen molar-refractivity contribution in [2.24, 2.45) is 11.1 Å². The summed E-state index contributed by atoms with van der Waals surface area (Å²) in [5.41, 5.74) is -0.0556. The van der Waals surface area contributed by atoms with Crippen LogP contribution in [0.25, 0.3) is 0 Å². The first kappa shape index (κ1) is 7.34. The summed E-state index contributed by atoms with van der Waals surface area (Å²) in [5, 5.41) is 3.37. The smallest absolute Gasteiger partial charge is 0.280 e. The molecule has 2 aliphatic rings. The van der Waals surface area contributed by atoms with Gasteiger partial charge in [0.15, 0.2) is 0 Å². The van der Waals surface area contributed by atoms with Crippen molar-refractivity contribution in [1.29, 1.82) is 0 Å². The fourth-order valence-electron chi connectivity index (χ4n) is 1.31. The Hall–Kier alpha value is -0.320. The molecule has 0 amide bonds. The molecule has 0 bridgehead atoms. The van der Waals surface area contributed by atoms with Crippen molar-refractivity contribution in [3.8, 4) is 0 Å². The van der Waals surface area contributed by atoms with E-state index in [4.69, 9.17) is 4.84 Å². The number of oxime groups is 1. The van der Waals surface area contributed by atoms with Crippen LogP contribution in [-0.2, 0) is 4.84 Å². The number of thioether (sulfide) groups is 1. The van der Waals surface area contributed by atoms with Crippen molar-refractivity contribution >= 4 is 17.5 Å². The molecule has 5 heteroatoms. The lowest BCUT2D eigenvalue weighted by molar-refractivity contribution is 0.0885. The molecule has 2 rings (SSSR count). The van der Waals surface area contributed by atoms with Crippen molar-refractivity contribution in [3.05, 3.63) is 0 Å². The first-order chi connectivity index (χ1) is 5.29. The highest BCUT2D eigenvalue weighted by Gasteiger charge is 2.42. The molecule has 0 spiro atoms. The van der Waals surface area contributed by atoms with E-state index in [1.54, 1.807) is 11.8 Å². The number of hydrogen-bond donors (Lipinski definition) is 0. The lowest BCUT2D eigenvalue weighted by Gasteiger charge is -2.05. The largest absolute Gasteiger partial charge is 0.391 e. The van der Waals surface area contributed by atoms with Crippen LogP contribution in [0.15, 0.2) is 5.16 Å². The molecule has 11 heavy (non-hydrogen) atoms. The van der Waals surface area contributed by atoms with E-state index in [1.807, 2.05) is 0 Å². The fourth-order valence-corrected chi connectivity index (χ4v) is 2.61. The van der Waals surface area contributed by atoms with E-state index in [0.29, 0.717) is 0 Å². The topological polar surface area (TPSA) is 21.6 Å². The summed E-state index contributed by atoms with van der Waals surface area (Å²) in [7, 11) is 0. The molecule has 62 valence electrons. The van der Waals surface area contributed by atoms with Crippen molar-refractivity contribution in [1.82, 2.24) is 0 Å². The molecular formula is C6H7F2NOS. The predicted molar refractivity (Wildman–Crippen MR) is 39.1 cm³/mol. The Bertz CT molecular complexity index is 197. The highest BCUT2D eigenvalue weighted by atomic mass is 32.2. The first-order valence-corrected chi connectivity index (χ1v) is 4.54. The second-order valence-electron chi connectivity index (χ2n) is 2.60. The van der Waals surface area contributed by atoms with Gasteiger partial charge in [-0.25, -0.2) is 8.78 Å². The second-order valence-corrected chi connectivity index (χ2v) is 3.68. The summed E-state index contributed by atoms with van der Waals surface area (Å²) in [5.74, 6) is 1.40. The maximum atomic E-state index is 12.2. The lowest BCUT2D eigenvalue weighted by Crippen LogP contribution is -2.25. The van der Waals surface area contributed by atoms with Gasteiger partial charge < -0.3 is 4.84 Å². The number of fused-ring (bicyclic) bond motifs is 1. The van der Waals surface area contributed by atoms with Crippen LogP contribution in [-0.4, -0.2) is 29.7 Å². The monoisotopic (exact) mass is 179 g/mol. The number of rotatable bonds is 1. The predicted octanol–water partition coefficient (Wildman–Crippen LogP) is 1.37. The van der Waals surface area contributed by atoms with Gasteiger partial charge in [-0.15, -0.1) is 0 Å². The molecule has 1 fully saturated rings. The van der Waals surface area contributed by atoms with E-state index < -0.39 is 6.43 Å². The van der Waals surface area contributed by atoms with Crippen molar-refractivity contribution < 1.29 is 13.6 Å². The van der Waals surface area contributed by atoms with Gasteiger partial charge in [-0.3, -0.25) is 0 Å². The average molecular weight is 179 g/mol. The van der Waals surface area contributed by atoms with Crippen molar-refractivity contribution in [3.63, 3.8) is 0 Å². The fraction of sp³-hybridized carbons (Fsp3) is 0.833. The van der Waals surface area contributed by atoms with E-state index in [9.17, 15) is 8.78 Å². The molecule has 0 aromatic heterocycles. The molecule has 0 saturated carbocycles. The van der Waals surface area contributed by atoms with Crippen LogP contribution in [0.4, 0.5) is 8.78 Å². The van der Waals surface area contributed by atoms with Gasteiger partial charge in [-0.05, 0) is 0 Å². The molecule has 2 unspecified atom stereocenters. The minimum atomic E-state index is -2.44. The highest BCUT2D eigenvalue weighted by molar-refractivity contribution is 7.99. The van der Waals surface area contributed by atoms with E-state index in [1.165, 1.54) is 0 Å². The van der Waals surface area contributed by atoms with Crippen LogP contribution in [0.5, 0.6) is 0 Å². The van der Waals surface area contributed by atoms with Gasteiger partial charge in [-0.1, -0.05) is 5.16 Å². The molecule has 0 aromatic rings. The van der Waals surface area contributed by atoms with Gasteiger partial charge in [0.05, 0.1) is 5.92 Å². The Morgan fingerprint density at radius 1 is 1.55 bits per heavy atom. The zero-order valence-corrected chi connectivity index (χ0v) is 6.48. The van der Waals surface area contributed by atoms with Gasteiger partial charge in [0.25, 0.3) is 6.43 Å². The summed E-state index contributed by atoms with van der Waals surface area (Å²) < 4.78 is 24.3. The number of alkyl halides is 2. The third kappa shape index (κ3) is 1.11. The second kappa shape index (κ2) is 2.62. The standard InChI is InChI=1S/C6H7F2NOS/c7-6(8)5-3-1-11-2-4(3)10-9-5/h3-4,6H,1-2H2. The van der Waals surface area contributed by atoms with Crippen LogP contribution in [0.1, 0.15) is 0 Å². The van der Waals surface area contributed by atoms with Crippen LogP contribution < -0.4 is 0 Å². The van der Waals surface area contributed by atoms with Gasteiger partial charge in [-0.2, -0.15) is 11.8 Å². The minimum Gasteiger partial charge on any atom is -0.391 e.